The van der Waals surface area contributed by atoms with Gasteiger partial charge >= 0.3 is 5.69 Å². The molecule has 21 heteroatoms. The number of rotatable bonds is 16. The molecule has 65 heavy (non-hydrogen) atoms. The number of piperidine rings is 2. The number of nitrogens with one attached hydrogen (secondary N) is 2. The third-order valence-electron chi connectivity index (χ3n) is 12.3. The zero-order chi connectivity index (χ0) is 46.3. The molecule has 0 bridgehead atoms. The second-order valence-electron chi connectivity index (χ2n) is 17.0. The first kappa shape index (κ1) is 45.5. The molecular weight excluding hydrogens is 860 g/mol. The molecule has 2 aliphatic heterocycles. The first-order valence-corrected chi connectivity index (χ1v) is 23.4. The number of amides is 2. The fourth-order valence-corrected chi connectivity index (χ4v) is 10.2. The molecule has 0 radical (unpaired) electrons. The van der Waals surface area contributed by atoms with Crippen LogP contribution in [0, 0.1) is 12.7 Å². The molecule has 2 aliphatic rings. The van der Waals surface area contributed by atoms with Gasteiger partial charge in [-0.05, 0) is 116 Å². The lowest BCUT2D eigenvalue weighted by molar-refractivity contribution is -0.135. The van der Waals surface area contributed by atoms with E-state index in [9.17, 15) is 22.8 Å². The first-order chi connectivity index (χ1) is 31.0. The Morgan fingerprint density at radius 1 is 1.06 bits per heavy atom. The number of fused-ring (bicyclic) bond motifs is 2. The van der Waals surface area contributed by atoms with E-state index in [0.29, 0.717) is 47.7 Å². The van der Waals surface area contributed by atoms with Crippen LogP contribution in [0.3, 0.4) is 0 Å². The highest BCUT2D eigenvalue weighted by Crippen LogP contribution is 2.35. The molecule has 2 fully saturated rings. The van der Waals surface area contributed by atoms with E-state index >= 15 is 4.39 Å². The maximum Gasteiger partial charge on any atom is 0.329 e. The van der Waals surface area contributed by atoms with Crippen LogP contribution in [0.4, 0.5) is 16.0 Å². The van der Waals surface area contributed by atoms with E-state index in [1.165, 1.54) is 45.8 Å². The van der Waals surface area contributed by atoms with Crippen LogP contribution >= 0.6 is 0 Å². The summed E-state index contributed by atoms with van der Waals surface area (Å²) in [6.45, 7) is 12.1. The number of halogens is 1. The van der Waals surface area contributed by atoms with Crippen LogP contribution in [-0.2, 0) is 31.4 Å². The van der Waals surface area contributed by atoms with Crippen molar-refractivity contribution in [2.75, 3.05) is 45.2 Å². The quantitative estimate of drug-likeness (QED) is 0.122. The number of carbonyl (C=O) groups is 2. The summed E-state index contributed by atoms with van der Waals surface area (Å²) >= 11 is 0. The molecule has 8 rings (SSSR count). The van der Waals surface area contributed by atoms with Crippen LogP contribution in [0.15, 0.2) is 58.7 Å². The molecule has 0 saturated carbocycles. The summed E-state index contributed by atoms with van der Waals surface area (Å²) in [4.78, 5) is 49.0. The third-order valence-corrected chi connectivity index (χ3v) is 14.3. The minimum Gasteiger partial charge on any atom is -0.485 e. The number of carbonyl (C=O) groups excluding carboxylic acids is 2. The van der Waals surface area contributed by atoms with E-state index in [4.69, 9.17) is 9.47 Å². The SMILES string of the molecule is CCOC(C)n1cc(-c2ncn3nc(Nc4ccc(S(=O)(=O)N(C)CCCN5CCC(c6ccc7c(c6)n(C)c(=O)n7[C@@H]6CCC(=O)NC6=O)CC5)c(C)c4F)nc3c2OC(C)C)cn1. The average Bonchev–Trinajstić information content (AvgIpc) is 3.99. The molecule has 2 N–H and O–H groups in total. The maximum atomic E-state index is 16.0. The number of aromatic nitrogens is 8. The van der Waals surface area contributed by atoms with Crippen LogP contribution in [-0.4, -0.2) is 114 Å². The fourth-order valence-electron chi connectivity index (χ4n) is 8.74. The van der Waals surface area contributed by atoms with Crippen molar-refractivity contribution in [3.05, 3.63) is 76.5 Å². The molecule has 0 spiro atoms. The minimum atomic E-state index is -4.03. The average molecular weight is 915 g/mol. The molecular formula is C44H55FN12O7S. The summed E-state index contributed by atoms with van der Waals surface area (Å²) in [7, 11) is -0.832. The smallest absolute Gasteiger partial charge is 0.329 e. The number of hydrogen-bond donors (Lipinski definition) is 2. The summed E-state index contributed by atoms with van der Waals surface area (Å²) < 4.78 is 62.8. The molecule has 6 aromatic rings. The van der Waals surface area contributed by atoms with Gasteiger partial charge in [0.1, 0.15) is 24.3 Å². The monoisotopic (exact) mass is 914 g/mol. The second kappa shape index (κ2) is 18.5. The Bertz CT molecular complexity index is 2930. The molecule has 2 aromatic carbocycles. The lowest BCUT2D eigenvalue weighted by atomic mass is 9.89. The topological polar surface area (TPSA) is 205 Å². The highest BCUT2D eigenvalue weighted by molar-refractivity contribution is 7.89. The number of ether oxygens (including phenoxy) is 2. The van der Waals surface area contributed by atoms with Gasteiger partial charge in [0.25, 0.3) is 0 Å². The molecule has 346 valence electrons. The number of aryl methyl sites for hydroxylation is 1. The van der Waals surface area contributed by atoms with Gasteiger partial charge in [-0.3, -0.25) is 24.0 Å². The van der Waals surface area contributed by atoms with Gasteiger partial charge < -0.3 is 19.7 Å². The lowest BCUT2D eigenvalue weighted by Crippen LogP contribution is -2.44. The van der Waals surface area contributed by atoms with Gasteiger partial charge in [-0.2, -0.15) is 14.6 Å². The predicted molar refractivity (Wildman–Crippen MR) is 240 cm³/mol. The van der Waals surface area contributed by atoms with Crippen LogP contribution in [0.1, 0.15) is 89.1 Å². The van der Waals surface area contributed by atoms with Crippen molar-refractivity contribution in [1.82, 2.24) is 53.0 Å². The van der Waals surface area contributed by atoms with Crippen molar-refractivity contribution in [3.63, 3.8) is 0 Å². The van der Waals surface area contributed by atoms with Gasteiger partial charge in [0.2, 0.25) is 33.4 Å². The number of anilines is 2. The van der Waals surface area contributed by atoms with Gasteiger partial charge in [-0.1, -0.05) is 6.07 Å². The Morgan fingerprint density at radius 2 is 1.83 bits per heavy atom. The number of imidazole rings is 1. The van der Waals surface area contributed by atoms with Gasteiger partial charge in [0, 0.05) is 51.0 Å². The van der Waals surface area contributed by atoms with E-state index in [2.05, 4.69) is 35.7 Å². The third kappa shape index (κ3) is 9.01. The summed E-state index contributed by atoms with van der Waals surface area (Å²) in [6, 6.07) is 7.96. The van der Waals surface area contributed by atoms with Crippen LogP contribution in [0.5, 0.6) is 5.75 Å². The minimum absolute atomic E-state index is 0.00343. The number of benzene rings is 2. The molecule has 2 atom stereocenters. The highest BCUT2D eigenvalue weighted by atomic mass is 32.2. The van der Waals surface area contributed by atoms with E-state index in [-0.39, 0.29) is 71.3 Å². The Morgan fingerprint density at radius 3 is 2.55 bits per heavy atom. The molecule has 19 nitrogen and oxygen atoms in total. The summed E-state index contributed by atoms with van der Waals surface area (Å²) in [5, 5.41) is 14.1. The standard InChI is InChI=1S/C44H55FN12O7S/c1-8-63-28(5)55-24-31(23-47-55)39-40(64-26(2)3)41-50-43(51-56(41)25-46-39)48-32-11-14-36(27(4)38(32)45)65(61,62)52(6)18-9-19-54-20-16-29(17-21-54)30-10-12-33-35(22-30)53(7)44(60)57(33)34-13-15-37(58)49-42(34)59/h10-12,14,22-26,28-29,34H,8-9,13,15-21H2,1-7H3,(H,48,51)(H,49,58,59)/t28?,34-/m1/s1. The molecule has 2 saturated heterocycles. The summed E-state index contributed by atoms with van der Waals surface area (Å²) in [5.41, 5.74) is 3.69. The van der Waals surface area contributed by atoms with Crippen molar-refractivity contribution >= 4 is 50.2 Å². The van der Waals surface area contributed by atoms with E-state index in [0.717, 1.165) is 37.0 Å². The van der Waals surface area contributed by atoms with Crippen LogP contribution in [0.2, 0.25) is 0 Å². The summed E-state index contributed by atoms with van der Waals surface area (Å²) in [6.07, 6.45) is 7.25. The Hall–Kier alpha value is -6.03. The highest BCUT2D eigenvalue weighted by Gasteiger charge is 2.32. The van der Waals surface area contributed by atoms with Crippen LogP contribution < -0.4 is 21.1 Å². The van der Waals surface area contributed by atoms with Crippen molar-refractivity contribution in [3.8, 4) is 17.0 Å². The number of imide groups is 1. The fraction of sp³-hybridized carbons (Fsp3) is 0.477. The van der Waals surface area contributed by atoms with E-state index in [1.807, 2.05) is 52.1 Å². The second-order valence-corrected chi connectivity index (χ2v) is 19.0. The molecule has 6 heterocycles. The molecule has 2 amide bonds. The molecule has 4 aromatic heterocycles. The van der Waals surface area contributed by atoms with Gasteiger partial charge in [0.15, 0.2) is 11.6 Å². The van der Waals surface area contributed by atoms with Crippen molar-refractivity contribution in [1.29, 1.82) is 0 Å². The normalized spacial score (nSPS) is 17.2. The maximum absolute atomic E-state index is 16.0. The first-order valence-electron chi connectivity index (χ1n) is 21.9. The van der Waals surface area contributed by atoms with Crippen molar-refractivity contribution < 1.29 is 31.9 Å². The predicted octanol–water partition coefficient (Wildman–Crippen LogP) is 5.04. The molecule has 1 unspecified atom stereocenters. The van der Waals surface area contributed by atoms with Crippen molar-refractivity contribution in [2.24, 2.45) is 7.05 Å². The zero-order valence-corrected chi connectivity index (χ0v) is 38.4. The van der Waals surface area contributed by atoms with Gasteiger partial charge in [-0.25, -0.2) is 31.6 Å². The molecule has 0 aliphatic carbocycles. The van der Waals surface area contributed by atoms with Crippen LogP contribution in [0.25, 0.3) is 27.9 Å². The number of likely N-dealkylation sites (tertiary alicyclic amines) is 1. The number of nitrogens with zero attached hydrogens (tertiary/aromatic N) is 10. The Balaban J connectivity index is 0.882. The Kier molecular flexibility index (Phi) is 12.9. The number of sulfonamides is 1. The van der Waals surface area contributed by atoms with Gasteiger partial charge in [0.05, 0.1) is 33.9 Å². The Labute approximate surface area is 375 Å². The van der Waals surface area contributed by atoms with Crippen molar-refractivity contribution in [2.45, 2.75) is 95.9 Å². The zero-order valence-electron chi connectivity index (χ0n) is 37.6. The summed E-state index contributed by atoms with van der Waals surface area (Å²) in [5.74, 6) is -0.849. The largest absolute Gasteiger partial charge is 0.485 e. The number of hydrogen-bond acceptors (Lipinski definition) is 13. The van der Waals surface area contributed by atoms with Gasteiger partial charge in [-0.15, -0.1) is 5.10 Å². The lowest BCUT2D eigenvalue weighted by Gasteiger charge is -2.32. The van der Waals surface area contributed by atoms with E-state index in [1.54, 1.807) is 22.5 Å². The van der Waals surface area contributed by atoms with E-state index < -0.39 is 27.8 Å².